The van der Waals surface area contributed by atoms with Gasteiger partial charge >= 0.3 is 0 Å². The highest BCUT2D eigenvalue weighted by molar-refractivity contribution is 6.02. The molecule has 0 saturated heterocycles. The Morgan fingerprint density at radius 3 is 2.59 bits per heavy atom. The van der Waals surface area contributed by atoms with Gasteiger partial charge in [0, 0.05) is 18.5 Å². The van der Waals surface area contributed by atoms with Crippen LogP contribution < -0.4 is 0 Å². The number of aliphatic hydroxyl groups excluding tert-OH is 1. The second-order valence-corrected chi connectivity index (χ2v) is 5.88. The maximum absolute atomic E-state index is 11.3. The van der Waals surface area contributed by atoms with E-state index in [1.54, 1.807) is 0 Å². The number of nitrogens with zero attached hydrogens (tertiary/aromatic N) is 2. The first-order chi connectivity index (χ1) is 10.7. The third kappa shape index (κ3) is 1.88. The summed E-state index contributed by atoms with van der Waals surface area (Å²) in [4.78, 5) is 6.40. The van der Waals surface area contributed by atoms with Gasteiger partial charge in [-0.3, -0.25) is 4.99 Å². The largest absolute Gasteiger partial charge is 0.383 e. The molecular formula is C18H18N2O2. The van der Waals surface area contributed by atoms with E-state index >= 15 is 0 Å². The fourth-order valence-corrected chi connectivity index (χ4v) is 3.47. The molecule has 2 aliphatic rings. The summed E-state index contributed by atoms with van der Waals surface area (Å²) in [5.74, 6) is 0.791. The van der Waals surface area contributed by atoms with Crippen molar-refractivity contribution in [2.24, 2.45) is 4.99 Å². The first-order valence-electron chi connectivity index (χ1n) is 7.56. The van der Waals surface area contributed by atoms with Gasteiger partial charge in [0.25, 0.3) is 0 Å². The van der Waals surface area contributed by atoms with Gasteiger partial charge in [-0.2, -0.15) is 0 Å². The Labute approximate surface area is 129 Å². The molecule has 2 atom stereocenters. The van der Waals surface area contributed by atoms with Crippen LogP contribution in [0.4, 0.5) is 0 Å². The fraction of sp³-hybridized carbons (Fsp3) is 0.278. The topological polar surface area (TPSA) is 56.1 Å². The summed E-state index contributed by atoms with van der Waals surface area (Å²) in [5, 5.41) is 22.1. The van der Waals surface area contributed by atoms with E-state index in [0.29, 0.717) is 19.5 Å². The van der Waals surface area contributed by atoms with Gasteiger partial charge < -0.3 is 15.1 Å². The van der Waals surface area contributed by atoms with Gasteiger partial charge in [-0.05, 0) is 11.1 Å². The van der Waals surface area contributed by atoms with Crippen LogP contribution in [-0.2, 0) is 6.42 Å². The Morgan fingerprint density at radius 1 is 1.05 bits per heavy atom. The summed E-state index contributed by atoms with van der Waals surface area (Å²) in [7, 11) is 0. The molecule has 2 aliphatic heterocycles. The molecule has 4 nitrogen and oxygen atoms in total. The molecule has 0 bridgehead atoms. The van der Waals surface area contributed by atoms with Gasteiger partial charge in [-0.15, -0.1) is 0 Å². The maximum atomic E-state index is 11.3. The minimum atomic E-state index is -1.36. The quantitative estimate of drug-likeness (QED) is 0.887. The number of benzene rings is 2. The van der Waals surface area contributed by atoms with E-state index < -0.39 is 11.8 Å². The lowest BCUT2D eigenvalue weighted by Gasteiger charge is -2.46. The van der Waals surface area contributed by atoms with Crippen molar-refractivity contribution in [1.82, 2.24) is 4.90 Å². The van der Waals surface area contributed by atoms with Crippen LogP contribution in [0.2, 0.25) is 0 Å². The highest BCUT2D eigenvalue weighted by Gasteiger charge is 2.48. The van der Waals surface area contributed by atoms with Crippen molar-refractivity contribution in [2.45, 2.75) is 18.2 Å². The van der Waals surface area contributed by atoms with Crippen LogP contribution in [0.15, 0.2) is 59.6 Å². The predicted octanol–water partition coefficient (Wildman–Crippen LogP) is 1.73. The van der Waals surface area contributed by atoms with Crippen molar-refractivity contribution >= 4 is 5.84 Å². The Balaban J connectivity index is 1.81. The van der Waals surface area contributed by atoms with Crippen LogP contribution in [0.5, 0.6) is 0 Å². The molecular weight excluding hydrogens is 276 g/mol. The number of amidine groups is 1. The lowest BCUT2D eigenvalue weighted by Crippen LogP contribution is -2.58. The van der Waals surface area contributed by atoms with Crippen molar-refractivity contribution in [3.63, 3.8) is 0 Å². The monoisotopic (exact) mass is 294 g/mol. The minimum absolute atomic E-state index is 0.387. The zero-order valence-corrected chi connectivity index (χ0v) is 12.2. The van der Waals surface area contributed by atoms with E-state index in [-0.39, 0.29) is 0 Å². The van der Waals surface area contributed by atoms with Gasteiger partial charge in [0.15, 0.2) is 5.72 Å². The summed E-state index contributed by atoms with van der Waals surface area (Å²) in [5.41, 5.74) is 1.45. The Morgan fingerprint density at radius 2 is 1.77 bits per heavy atom. The van der Waals surface area contributed by atoms with Crippen molar-refractivity contribution in [2.75, 3.05) is 13.1 Å². The zero-order chi connectivity index (χ0) is 15.2. The molecule has 4 rings (SSSR count). The van der Waals surface area contributed by atoms with E-state index in [4.69, 9.17) is 0 Å². The highest BCUT2D eigenvalue weighted by atomic mass is 16.4. The Hall–Kier alpha value is -2.17. The van der Waals surface area contributed by atoms with Gasteiger partial charge in [-0.1, -0.05) is 54.6 Å². The van der Waals surface area contributed by atoms with Crippen molar-refractivity contribution in [3.8, 4) is 0 Å². The number of aliphatic imine (C=N–C) groups is 1. The molecule has 4 heteroatoms. The van der Waals surface area contributed by atoms with Crippen molar-refractivity contribution < 1.29 is 10.2 Å². The third-order valence-electron chi connectivity index (χ3n) is 4.57. The fourth-order valence-electron chi connectivity index (χ4n) is 3.47. The van der Waals surface area contributed by atoms with Crippen LogP contribution in [0, 0.1) is 0 Å². The Kier molecular flexibility index (Phi) is 3.03. The van der Waals surface area contributed by atoms with Gasteiger partial charge in [0.05, 0.1) is 6.54 Å². The molecule has 0 amide bonds. The maximum Gasteiger partial charge on any atom is 0.173 e. The van der Waals surface area contributed by atoms with Crippen molar-refractivity contribution in [1.29, 1.82) is 0 Å². The number of fused-ring (bicyclic) bond motifs is 3. The molecule has 22 heavy (non-hydrogen) atoms. The molecule has 112 valence electrons. The van der Waals surface area contributed by atoms with Gasteiger partial charge in [0.1, 0.15) is 11.9 Å². The van der Waals surface area contributed by atoms with E-state index in [0.717, 1.165) is 22.5 Å². The van der Waals surface area contributed by atoms with Crippen LogP contribution >= 0.6 is 0 Å². The molecule has 0 spiro atoms. The van der Waals surface area contributed by atoms with E-state index in [1.165, 1.54) is 0 Å². The molecule has 2 N–H and O–H groups in total. The molecule has 0 aliphatic carbocycles. The minimum Gasteiger partial charge on any atom is -0.383 e. The summed E-state index contributed by atoms with van der Waals surface area (Å²) in [6.45, 7) is 1.28. The first kappa shape index (κ1) is 13.5. The predicted molar refractivity (Wildman–Crippen MR) is 84.6 cm³/mol. The third-order valence-corrected chi connectivity index (χ3v) is 4.57. The number of hydrogen-bond acceptors (Lipinski definition) is 4. The van der Waals surface area contributed by atoms with Crippen LogP contribution in [0.25, 0.3) is 0 Å². The standard InChI is InChI=1S/C18H18N2O2/c21-16(13-6-2-1-3-7-13)18(22)12-14-8-4-5-9-15(14)17-19-10-11-20(17)18/h1-9,16,21-22H,10-12H2/t16-,18+/m1/s1. The number of hydrogen-bond donors (Lipinski definition) is 2. The van der Waals surface area contributed by atoms with Crippen LogP contribution in [0.3, 0.4) is 0 Å². The average Bonchev–Trinajstić information content (AvgIpc) is 3.06. The summed E-state index contributed by atoms with van der Waals surface area (Å²) in [6, 6.07) is 17.3. The number of rotatable bonds is 2. The normalized spacial score (nSPS) is 24.5. The smallest absolute Gasteiger partial charge is 0.173 e. The highest BCUT2D eigenvalue weighted by Crippen LogP contribution is 2.39. The lowest BCUT2D eigenvalue weighted by atomic mass is 9.85. The van der Waals surface area contributed by atoms with Gasteiger partial charge in [0.2, 0.25) is 0 Å². The van der Waals surface area contributed by atoms with Crippen molar-refractivity contribution in [3.05, 3.63) is 71.3 Å². The van der Waals surface area contributed by atoms with E-state index in [9.17, 15) is 10.2 Å². The summed E-state index contributed by atoms with van der Waals surface area (Å²) >= 11 is 0. The molecule has 0 fully saturated rings. The second-order valence-electron chi connectivity index (χ2n) is 5.88. The molecule has 0 radical (unpaired) electrons. The average molecular weight is 294 g/mol. The SMILES string of the molecule is O[C@H](c1ccccc1)[C@@]1(O)Cc2ccccc2C2=NCCN21. The zero-order valence-electron chi connectivity index (χ0n) is 12.2. The Bertz CT molecular complexity index is 729. The number of aliphatic hydroxyl groups is 2. The molecule has 0 unspecified atom stereocenters. The van der Waals surface area contributed by atoms with E-state index in [2.05, 4.69) is 4.99 Å². The summed E-state index contributed by atoms with van der Waals surface area (Å²) in [6.07, 6.45) is -0.594. The lowest BCUT2D eigenvalue weighted by molar-refractivity contribution is -0.153. The molecule has 2 heterocycles. The first-order valence-corrected chi connectivity index (χ1v) is 7.56. The molecule has 2 aromatic carbocycles. The molecule has 0 aromatic heterocycles. The molecule has 2 aromatic rings. The van der Waals surface area contributed by atoms with Crippen LogP contribution in [-0.4, -0.2) is 39.8 Å². The van der Waals surface area contributed by atoms with Gasteiger partial charge in [-0.25, -0.2) is 0 Å². The molecule has 0 saturated carbocycles. The summed E-state index contributed by atoms with van der Waals surface area (Å²) < 4.78 is 0. The van der Waals surface area contributed by atoms with E-state index in [1.807, 2.05) is 59.5 Å². The second kappa shape index (κ2) is 4.93. The van der Waals surface area contributed by atoms with Crippen LogP contribution in [0.1, 0.15) is 22.8 Å².